The Morgan fingerprint density at radius 1 is 1.12 bits per heavy atom. The molecule has 0 atom stereocenters. The Morgan fingerprint density at radius 2 is 1.75 bits per heavy atom. The first-order chi connectivity index (χ1) is 7.83. The first-order valence-corrected chi connectivity index (χ1v) is 7.15. The Balaban J connectivity index is 1.97. The van der Waals surface area contributed by atoms with E-state index >= 15 is 0 Å². The normalized spacial score (nSPS) is 25.4. The number of methoxy groups -OCH3 is 1. The fourth-order valence-corrected chi connectivity index (χ4v) is 3.17. The molecule has 0 N–H and O–H groups in total. The van der Waals surface area contributed by atoms with Crippen LogP contribution in [0.25, 0.3) is 0 Å². The number of halogens is 1. The Bertz CT molecular complexity index is 312. The average Bonchev–Trinajstić information content (AvgIpc) is 2.39. The lowest BCUT2D eigenvalue weighted by Crippen LogP contribution is -2.14. The van der Waals surface area contributed by atoms with Gasteiger partial charge in [0.1, 0.15) is 5.75 Å². The molecule has 0 heterocycles. The Kier molecular flexibility index (Phi) is 4.28. The smallest absolute Gasteiger partial charge is 0.118 e. The second-order valence-electron chi connectivity index (χ2n) is 4.65. The summed E-state index contributed by atoms with van der Waals surface area (Å²) < 4.78 is 5.18. The number of benzene rings is 1. The minimum atomic E-state index is 0.765. The topological polar surface area (TPSA) is 9.23 Å². The van der Waals surface area contributed by atoms with Gasteiger partial charge in [-0.25, -0.2) is 0 Å². The molecule has 16 heavy (non-hydrogen) atoms. The molecular formula is C14H19BrO. The number of ether oxygens (including phenoxy) is 1. The quantitative estimate of drug-likeness (QED) is 0.749. The van der Waals surface area contributed by atoms with Gasteiger partial charge in [0.25, 0.3) is 0 Å². The van der Waals surface area contributed by atoms with E-state index in [1.54, 1.807) is 7.11 Å². The average molecular weight is 283 g/mol. The van der Waals surface area contributed by atoms with Gasteiger partial charge < -0.3 is 4.74 Å². The molecule has 0 radical (unpaired) electrons. The molecule has 0 saturated heterocycles. The molecule has 0 aromatic heterocycles. The Labute approximate surface area is 106 Å². The lowest BCUT2D eigenvalue weighted by Gasteiger charge is -2.27. The van der Waals surface area contributed by atoms with Crippen LogP contribution < -0.4 is 4.74 Å². The molecule has 2 heteroatoms. The Morgan fingerprint density at radius 3 is 2.25 bits per heavy atom. The van der Waals surface area contributed by atoms with Gasteiger partial charge in [-0.05, 0) is 55.2 Å². The summed E-state index contributed by atoms with van der Waals surface area (Å²) in [5.41, 5.74) is 1.48. The number of hydrogen-bond donors (Lipinski definition) is 0. The molecule has 88 valence electrons. The molecule has 1 nitrogen and oxygen atoms in total. The van der Waals surface area contributed by atoms with Crippen LogP contribution in [-0.4, -0.2) is 12.4 Å². The molecule has 1 aromatic carbocycles. The second-order valence-corrected chi connectivity index (χ2v) is 5.29. The van der Waals surface area contributed by atoms with Gasteiger partial charge in [0.05, 0.1) is 7.11 Å². The summed E-state index contributed by atoms with van der Waals surface area (Å²) in [4.78, 5) is 0. The van der Waals surface area contributed by atoms with E-state index in [0.29, 0.717) is 0 Å². The van der Waals surface area contributed by atoms with Crippen molar-refractivity contribution in [1.82, 2.24) is 0 Å². The van der Waals surface area contributed by atoms with Gasteiger partial charge in [-0.15, -0.1) is 0 Å². The highest BCUT2D eigenvalue weighted by Crippen LogP contribution is 2.36. The van der Waals surface area contributed by atoms with Crippen LogP contribution in [0.4, 0.5) is 0 Å². The van der Waals surface area contributed by atoms with Crippen molar-refractivity contribution in [2.75, 3.05) is 12.4 Å². The van der Waals surface area contributed by atoms with Crippen molar-refractivity contribution < 1.29 is 4.74 Å². The molecule has 0 unspecified atom stereocenters. The van der Waals surface area contributed by atoms with E-state index < -0.39 is 0 Å². The third kappa shape index (κ3) is 2.79. The van der Waals surface area contributed by atoms with E-state index in [1.807, 2.05) is 0 Å². The van der Waals surface area contributed by atoms with Crippen LogP contribution >= 0.6 is 15.9 Å². The summed E-state index contributed by atoms with van der Waals surface area (Å²) in [5, 5.41) is 1.17. The standard InChI is InChI=1S/C14H19BrO/c1-16-14-8-6-13(7-9-14)12-4-2-11(10-15)3-5-12/h6-9,11-12H,2-5,10H2,1H3. The maximum absolute atomic E-state index is 5.18. The van der Waals surface area contributed by atoms with Gasteiger partial charge in [0.15, 0.2) is 0 Å². The maximum Gasteiger partial charge on any atom is 0.118 e. The highest BCUT2D eigenvalue weighted by Gasteiger charge is 2.21. The molecule has 1 aliphatic rings. The van der Waals surface area contributed by atoms with Crippen LogP contribution in [0, 0.1) is 5.92 Å². The first-order valence-electron chi connectivity index (χ1n) is 6.03. The first kappa shape index (κ1) is 12.0. The minimum absolute atomic E-state index is 0.765. The van der Waals surface area contributed by atoms with Crippen molar-refractivity contribution in [3.63, 3.8) is 0 Å². The fraction of sp³-hybridized carbons (Fsp3) is 0.571. The lowest BCUT2D eigenvalue weighted by molar-refractivity contribution is 0.353. The molecule has 1 aromatic rings. The maximum atomic E-state index is 5.18. The van der Waals surface area contributed by atoms with E-state index in [1.165, 1.54) is 36.6 Å². The van der Waals surface area contributed by atoms with Crippen molar-refractivity contribution in [1.29, 1.82) is 0 Å². The molecule has 0 amide bonds. The van der Waals surface area contributed by atoms with Crippen molar-refractivity contribution in [2.24, 2.45) is 5.92 Å². The number of rotatable bonds is 3. The Hall–Kier alpha value is -0.500. The minimum Gasteiger partial charge on any atom is -0.497 e. The van der Waals surface area contributed by atoms with E-state index in [2.05, 4.69) is 40.2 Å². The van der Waals surface area contributed by atoms with Crippen molar-refractivity contribution in [2.45, 2.75) is 31.6 Å². The summed E-state index contributed by atoms with van der Waals surface area (Å²) in [6.45, 7) is 0. The van der Waals surface area contributed by atoms with E-state index in [4.69, 9.17) is 4.74 Å². The molecule has 0 bridgehead atoms. The third-order valence-corrected chi connectivity index (χ3v) is 4.57. The van der Waals surface area contributed by atoms with Gasteiger partial charge in [-0.3, -0.25) is 0 Å². The predicted molar refractivity (Wildman–Crippen MR) is 71.5 cm³/mol. The summed E-state index contributed by atoms with van der Waals surface area (Å²) in [6.07, 6.45) is 5.40. The SMILES string of the molecule is COc1ccc(C2CCC(CBr)CC2)cc1. The highest BCUT2D eigenvalue weighted by molar-refractivity contribution is 9.09. The second kappa shape index (κ2) is 5.72. The lowest BCUT2D eigenvalue weighted by atomic mass is 9.79. The molecule has 2 rings (SSSR count). The highest BCUT2D eigenvalue weighted by atomic mass is 79.9. The van der Waals surface area contributed by atoms with Gasteiger partial charge in [0, 0.05) is 5.33 Å². The van der Waals surface area contributed by atoms with Gasteiger partial charge in [0.2, 0.25) is 0 Å². The zero-order valence-electron chi connectivity index (χ0n) is 9.79. The van der Waals surface area contributed by atoms with E-state index in [-0.39, 0.29) is 0 Å². The van der Waals surface area contributed by atoms with Gasteiger partial charge in [-0.1, -0.05) is 28.1 Å². The van der Waals surface area contributed by atoms with Gasteiger partial charge >= 0.3 is 0 Å². The largest absolute Gasteiger partial charge is 0.497 e. The summed E-state index contributed by atoms with van der Waals surface area (Å²) in [7, 11) is 1.72. The predicted octanol–water partition coefficient (Wildman–Crippen LogP) is 4.36. The fourth-order valence-electron chi connectivity index (χ4n) is 2.53. The van der Waals surface area contributed by atoms with Crippen molar-refractivity contribution >= 4 is 15.9 Å². The number of hydrogen-bond acceptors (Lipinski definition) is 1. The van der Waals surface area contributed by atoms with Crippen LogP contribution in [0.15, 0.2) is 24.3 Å². The number of alkyl halides is 1. The van der Waals surface area contributed by atoms with Crippen molar-refractivity contribution in [3.8, 4) is 5.75 Å². The van der Waals surface area contributed by atoms with Crippen LogP contribution in [-0.2, 0) is 0 Å². The summed E-state index contributed by atoms with van der Waals surface area (Å²) in [5.74, 6) is 2.62. The van der Waals surface area contributed by atoms with E-state index in [9.17, 15) is 0 Å². The zero-order chi connectivity index (χ0) is 11.4. The molecule has 1 saturated carbocycles. The zero-order valence-corrected chi connectivity index (χ0v) is 11.4. The summed E-state index contributed by atoms with van der Waals surface area (Å²) in [6, 6.07) is 8.59. The molecule has 1 fully saturated rings. The third-order valence-electron chi connectivity index (χ3n) is 3.65. The van der Waals surface area contributed by atoms with Crippen LogP contribution in [0.5, 0.6) is 5.75 Å². The van der Waals surface area contributed by atoms with Crippen LogP contribution in [0.1, 0.15) is 37.2 Å². The van der Waals surface area contributed by atoms with Crippen LogP contribution in [0.3, 0.4) is 0 Å². The molecule has 1 aliphatic carbocycles. The van der Waals surface area contributed by atoms with Crippen LogP contribution in [0.2, 0.25) is 0 Å². The molecule has 0 aliphatic heterocycles. The van der Waals surface area contributed by atoms with Crippen molar-refractivity contribution in [3.05, 3.63) is 29.8 Å². The molecule has 0 spiro atoms. The monoisotopic (exact) mass is 282 g/mol. The van der Waals surface area contributed by atoms with E-state index in [0.717, 1.165) is 17.6 Å². The summed E-state index contributed by atoms with van der Waals surface area (Å²) >= 11 is 3.59. The van der Waals surface area contributed by atoms with Gasteiger partial charge in [-0.2, -0.15) is 0 Å². The molecular weight excluding hydrogens is 264 g/mol.